The molecule has 0 heterocycles. The number of amides is 1. The molecule has 0 fully saturated rings. The zero-order valence-corrected chi connectivity index (χ0v) is 14.0. The molecule has 0 atom stereocenters. The molecule has 0 spiro atoms. The Hall–Kier alpha value is -1.75. The van der Waals surface area contributed by atoms with Crippen molar-refractivity contribution < 1.29 is 4.79 Å². The normalized spacial score (nSPS) is 11.1. The first-order chi connectivity index (χ1) is 10.7. The fraction of sp³-hybridized carbons (Fsp3) is 0.500. The lowest BCUT2D eigenvalue weighted by Crippen LogP contribution is -2.39. The second-order valence-corrected chi connectivity index (χ2v) is 5.22. The zero-order chi connectivity index (χ0) is 16.2. The third-order valence-corrected chi connectivity index (χ3v) is 3.31. The fourth-order valence-corrected chi connectivity index (χ4v) is 2.06. The van der Waals surface area contributed by atoms with Crippen molar-refractivity contribution in [2.24, 2.45) is 4.99 Å². The highest BCUT2D eigenvalue weighted by Gasteiger charge is 2.02. The summed E-state index contributed by atoms with van der Waals surface area (Å²) in [4.78, 5) is 15.8. The number of carbonyl (C=O) groups is 1. The molecule has 0 aliphatic carbocycles. The van der Waals surface area contributed by atoms with Crippen LogP contribution in [0.1, 0.15) is 25.8 Å². The van der Waals surface area contributed by atoms with Crippen LogP contribution in [0.5, 0.6) is 0 Å². The van der Waals surface area contributed by atoms with Gasteiger partial charge in [0.15, 0.2) is 5.96 Å². The number of hydrogen-bond donors (Lipinski definition) is 3. The lowest BCUT2D eigenvalue weighted by molar-refractivity contribution is -0.119. The van der Waals surface area contributed by atoms with Crippen molar-refractivity contribution in [3.8, 4) is 0 Å². The molecule has 0 aromatic heterocycles. The lowest BCUT2D eigenvalue weighted by atomic mass is 10.1. The first-order valence-corrected chi connectivity index (χ1v) is 8.07. The van der Waals surface area contributed by atoms with Gasteiger partial charge in [0.25, 0.3) is 0 Å². The second kappa shape index (κ2) is 10.9. The number of rotatable bonds is 8. The lowest BCUT2D eigenvalue weighted by Gasteiger charge is -2.11. The number of aliphatic imine (C=N–C) groups is 1. The van der Waals surface area contributed by atoms with E-state index in [1.54, 1.807) is 0 Å². The maximum absolute atomic E-state index is 11.6. The van der Waals surface area contributed by atoms with Crippen molar-refractivity contribution in [3.63, 3.8) is 0 Å². The summed E-state index contributed by atoms with van der Waals surface area (Å²) in [6, 6.07) is 7.78. The van der Waals surface area contributed by atoms with Crippen molar-refractivity contribution >= 4 is 23.5 Å². The zero-order valence-electron chi connectivity index (χ0n) is 13.3. The highest BCUT2D eigenvalue weighted by molar-refractivity contribution is 6.31. The van der Waals surface area contributed by atoms with E-state index < -0.39 is 0 Å². The number of benzene rings is 1. The summed E-state index contributed by atoms with van der Waals surface area (Å²) in [5.74, 6) is 0.575. The molecule has 0 unspecified atom stereocenters. The van der Waals surface area contributed by atoms with Gasteiger partial charge >= 0.3 is 0 Å². The Morgan fingerprint density at radius 2 is 1.91 bits per heavy atom. The van der Waals surface area contributed by atoms with E-state index in [-0.39, 0.29) is 12.5 Å². The molecule has 6 heteroatoms. The Bertz CT molecular complexity index is 491. The van der Waals surface area contributed by atoms with E-state index in [0.717, 1.165) is 30.0 Å². The SMILES string of the molecule is CCCNC(=O)CN=C(NCC)NCCc1ccccc1Cl. The van der Waals surface area contributed by atoms with Crippen molar-refractivity contribution in [2.75, 3.05) is 26.2 Å². The number of nitrogens with zero attached hydrogens (tertiary/aromatic N) is 1. The highest BCUT2D eigenvalue weighted by Crippen LogP contribution is 2.14. The summed E-state index contributed by atoms with van der Waals surface area (Å²) < 4.78 is 0. The average Bonchev–Trinajstić information content (AvgIpc) is 2.52. The fourth-order valence-electron chi connectivity index (χ4n) is 1.83. The Morgan fingerprint density at radius 3 is 2.59 bits per heavy atom. The van der Waals surface area contributed by atoms with Gasteiger partial charge in [-0.2, -0.15) is 0 Å². The molecule has 0 aliphatic rings. The molecule has 0 radical (unpaired) electrons. The topological polar surface area (TPSA) is 65.5 Å². The summed E-state index contributed by atoms with van der Waals surface area (Å²) in [6.07, 6.45) is 1.72. The number of hydrogen-bond acceptors (Lipinski definition) is 2. The largest absolute Gasteiger partial charge is 0.357 e. The molecule has 1 aromatic carbocycles. The first kappa shape index (κ1) is 18.3. The molecular weight excluding hydrogens is 300 g/mol. The molecule has 1 aromatic rings. The minimum atomic E-state index is -0.0647. The first-order valence-electron chi connectivity index (χ1n) is 7.69. The van der Waals surface area contributed by atoms with E-state index in [1.165, 1.54) is 0 Å². The molecule has 0 bridgehead atoms. The van der Waals surface area contributed by atoms with Gasteiger partial charge in [-0.1, -0.05) is 36.7 Å². The monoisotopic (exact) mass is 324 g/mol. The van der Waals surface area contributed by atoms with Crippen LogP contribution in [-0.2, 0) is 11.2 Å². The van der Waals surface area contributed by atoms with Crippen LogP contribution in [0.2, 0.25) is 5.02 Å². The standard InChI is InChI=1S/C16H25ClN4O/c1-3-10-19-15(22)12-21-16(18-4-2)20-11-9-13-7-5-6-8-14(13)17/h5-8H,3-4,9-12H2,1-2H3,(H,19,22)(H2,18,20,21). The summed E-state index contributed by atoms with van der Waals surface area (Å²) in [5, 5.41) is 9.90. The van der Waals surface area contributed by atoms with E-state index in [0.29, 0.717) is 19.0 Å². The minimum absolute atomic E-state index is 0.0647. The maximum Gasteiger partial charge on any atom is 0.241 e. The van der Waals surface area contributed by atoms with E-state index in [9.17, 15) is 4.79 Å². The average molecular weight is 325 g/mol. The number of nitrogens with one attached hydrogen (secondary N) is 3. The van der Waals surface area contributed by atoms with Crippen LogP contribution in [0.3, 0.4) is 0 Å². The Morgan fingerprint density at radius 1 is 1.14 bits per heavy atom. The third-order valence-electron chi connectivity index (χ3n) is 2.94. The molecule has 0 saturated heterocycles. The van der Waals surface area contributed by atoms with Gasteiger partial charge in [-0.3, -0.25) is 4.79 Å². The molecule has 0 saturated carbocycles. The van der Waals surface area contributed by atoms with Gasteiger partial charge in [0.05, 0.1) is 0 Å². The van der Waals surface area contributed by atoms with E-state index in [2.05, 4.69) is 20.9 Å². The Labute approximate surface area is 137 Å². The van der Waals surface area contributed by atoms with Crippen LogP contribution < -0.4 is 16.0 Å². The molecule has 3 N–H and O–H groups in total. The van der Waals surface area contributed by atoms with Gasteiger partial charge in [0, 0.05) is 24.7 Å². The van der Waals surface area contributed by atoms with Crippen LogP contribution in [0.15, 0.2) is 29.3 Å². The molecule has 1 amide bonds. The van der Waals surface area contributed by atoms with Crippen LogP contribution in [0.25, 0.3) is 0 Å². The number of guanidine groups is 1. The van der Waals surface area contributed by atoms with Gasteiger partial charge in [-0.05, 0) is 31.4 Å². The van der Waals surface area contributed by atoms with Crippen molar-refractivity contribution in [1.29, 1.82) is 0 Å². The van der Waals surface area contributed by atoms with Crippen LogP contribution in [0, 0.1) is 0 Å². The van der Waals surface area contributed by atoms with Crippen molar-refractivity contribution in [2.45, 2.75) is 26.7 Å². The summed E-state index contributed by atoms with van der Waals surface area (Å²) in [7, 11) is 0. The van der Waals surface area contributed by atoms with Gasteiger partial charge in [0.2, 0.25) is 5.91 Å². The molecule has 1 rings (SSSR count). The van der Waals surface area contributed by atoms with Crippen molar-refractivity contribution in [1.82, 2.24) is 16.0 Å². The van der Waals surface area contributed by atoms with Crippen LogP contribution in [-0.4, -0.2) is 38.0 Å². The molecular formula is C16H25ClN4O. The van der Waals surface area contributed by atoms with E-state index >= 15 is 0 Å². The van der Waals surface area contributed by atoms with Crippen LogP contribution in [0.4, 0.5) is 0 Å². The van der Waals surface area contributed by atoms with Crippen molar-refractivity contribution in [3.05, 3.63) is 34.9 Å². The number of carbonyl (C=O) groups excluding carboxylic acids is 1. The highest BCUT2D eigenvalue weighted by atomic mass is 35.5. The molecule has 0 aliphatic heterocycles. The van der Waals surface area contributed by atoms with Crippen LogP contribution >= 0.6 is 11.6 Å². The summed E-state index contributed by atoms with van der Waals surface area (Å²) in [5.41, 5.74) is 1.09. The summed E-state index contributed by atoms with van der Waals surface area (Å²) >= 11 is 6.13. The van der Waals surface area contributed by atoms with Gasteiger partial charge in [-0.15, -0.1) is 0 Å². The quantitative estimate of drug-likeness (QED) is 0.506. The molecule has 122 valence electrons. The minimum Gasteiger partial charge on any atom is -0.357 e. The van der Waals surface area contributed by atoms with E-state index in [4.69, 9.17) is 11.6 Å². The maximum atomic E-state index is 11.6. The predicted molar refractivity (Wildman–Crippen MR) is 92.4 cm³/mol. The Balaban J connectivity index is 2.43. The van der Waals surface area contributed by atoms with Gasteiger partial charge in [-0.25, -0.2) is 4.99 Å². The molecule has 5 nitrogen and oxygen atoms in total. The smallest absolute Gasteiger partial charge is 0.241 e. The summed E-state index contributed by atoms with van der Waals surface area (Å²) in [6.45, 7) is 6.26. The van der Waals surface area contributed by atoms with Gasteiger partial charge < -0.3 is 16.0 Å². The second-order valence-electron chi connectivity index (χ2n) is 4.81. The molecule has 22 heavy (non-hydrogen) atoms. The Kier molecular flexibility index (Phi) is 9.07. The third kappa shape index (κ3) is 7.31. The predicted octanol–water partition coefficient (Wildman–Crippen LogP) is 1.96. The van der Waals surface area contributed by atoms with Gasteiger partial charge in [0.1, 0.15) is 6.54 Å². The van der Waals surface area contributed by atoms with E-state index in [1.807, 2.05) is 38.1 Å². The number of halogens is 1.